The van der Waals surface area contributed by atoms with Gasteiger partial charge in [0.15, 0.2) is 0 Å². The molecule has 2 rings (SSSR count). The topological polar surface area (TPSA) is 58.6 Å². The van der Waals surface area contributed by atoms with Gasteiger partial charge in [-0.15, -0.1) is 0 Å². The Morgan fingerprint density at radius 1 is 1.55 bits per heavy atom. The summed E-state index contributed by atoms with van der Waals surface area (Å²) in [4.78, 5) is 24.8. The number of hydrogen-bond acceptors (Lipinski definition) is 3. The van der Waals surface area contributed by atoms with Crippen LogP contribution >= 0.6 is 11.6 Å². The second-order valence-electron chi connectivity index (χ2n) is 4.57. The van der Waals surface area contributed by atoms with E-state index in [1.165, 1.54) is 0 Å². The fourth-order valence-corrected chi connectivity index (χ4v) is 2.18. The molecule has 6 heteroatoms. The van der Waals surface area contributed by atoms with Crippen LogP contribution in [0.3, 0.4) is 0 Å². The van der Waals surface area contributed by atoms with Crippen LogP contribution in [0, 0.1) is 0 Å². The molecule has 0 saturated carbocycles. The number of rotatable bonds is 4. The number of benzene rings is 1. The maximum Gasteiger partial charge on any atom is 0.253 e. The Morgan fingerprint density at radius 2 is 2.35 bits per heavy atom. The van der Waals surface area contributed by atoms with Gasteiger partial charge in [-0.1, -0.05) is 24.6 Å². The Hall–Kier alpha value is -1.59. The van der Waals surface area contributed by atoms with Gasteiger partial charge in [0.05, 0.1) is 12.6 Å². The Labute approximate surface area is 122 Å². The second kappa shape index (κ2) is 6.72. The summed E-state index contributed by atoms with van der Waals surface area (Å²) in [5.41, 5.74) is 0.748. The first-order valence-corrected chi connectivity index (χ1v) is 6.92. The van der Waals surface area contributed by atoms with Gasteiger partial charge >= 0.3 is 0 Å². The molecule has 1 saturated heterocycles. The summed E-state index contributed by atoms with van der Waals surface area (Å²) in [5.74, 6) is -0.134. The van der Waals surface area contributed by atoms with Gasteiger partial charge in [-0.3, -0.25) is 9.59 Å². The van der Waals surface area contributed by atoms with Crippen molar-refractivity contribution >= 4 is 29.1 Å². The number of nitrogens with one attached hydrogen (secondary N) is 1. The number of carbonyl (C=O) groups excluding carboxylic acids is 2. The second-order valence-corrected chi connectivity index (χ2v) is 5.01. The average Bonchev–Trinajstić information content (AvgIpc) is 2.46. The summed E-state index contributed by atoms with van der Waals surface area (Å²) >= 11 is 5.94. The van der Waals surface area contributed by atoms with E-state index in [0.717, 1.165) is 5.69 Å². The number of halogens is 1. The number of ether oxygens (including phenoxy) is 1. The monoisotopic (exact) mass is 296 g/mol. The molecule has 0 aromatic heterocycles. The molecule has 1 fully saturated rings. The molecule has 1 aliphatic heterocycles. The molecule has 1 heterocycles. The summed E-state index contributed by atoms with van der Waals surface area (Å²) in [6.07, 6.45) is 0.228. The number of nitrogens with zero attached hydrogens (tertiary/aromatic N) is 1. The van der Waals surface area contributed by atoms with E-state index in [2.05, 4.69) is 5.32 Å². The van der Waals surface area contributed by atoms with Gasteiger partial charge in [0.2, 0.25) is 5.91 Å². The van der Waals surface area contributed by atoms with Crippen LogP contribution in [0.4, 0.5) is 5.69 Å². The van der Waals surface area contributed by atoms with Gasteiger partial charge in [0.25, 0.3) is 5.91 Å². The van der Waals surface area contributed by atoms with Crippen LogP contribution in [-0.4, -0.2) is 37.6 Å². The minimum absolute atomic E-state index is 0.0131. The third-order valence-electron chi connectivity index (χ3n) is 3.10. The SMILES string of the molecule is CCC(=O)NCC1CN(c2cccc(Cl)c2)C(=O)CO1. The van der Waals surface area contributed by atoms with Gasteiger partial charge < -0.3 is 15.0 Å². The summed E-state index contributed by atoms with van der Waals surface area (Å²) < 4.78 is 5.43. The first kappa shape index (κ1) is 14.8. The van der Waals surface area contributed by atoms with Crippen LogP contribution < -0.4 is 10.2 Å². The zero-order chi connectivity index (χ0) is 14.5. The third-order valence-corrected chi connectivity index (χ3v) is 3.33. The van der Waals surface area contributed by atoms with Crippen molar-refractivity contribution in [3.05, 3.63) is 29.3 Å². The zero-order valence-electron chi connectivity index (χ0n) is 11.3. The predicted octanol–water partition coefficient (Wildman–Crippen LogP) is 1.60. The fraction of sp³-hybridized carbons (Fsp3) is 0.429. The number of morpholine rings is 1. The van der Waals surface area contributed by atoms with Crippen molar-refractivity contribution in [1.82, 2.24) is 5.32 Å². The van der Waals surface area contributed by atoms with Gasteiger partial charge in [0, 0.05) is 23.7 Å². The third kappa shape index (κ3) is 3.71. The van der Waals surface area contributed by atoms with Crippen LogP contribution in [0.2, 0.25) is 5.02 Å². The van der Waals surface area contributed by atoms with Crippen molar-refractivity contribution < 1.29 is 14.3 Å². The average molecular weight is 297 g/mol. The predicted molar refractivity (Wildman–Crippen MR) is 76.8 cm³/mol. The van der Waals surface area contributed by atoms with E-state index < -0.39 is 0 Å². The highest BCUT2D eigenvalue weighted by atomic mass is 35.5. The van der Waals surface area contributed by atoms with Crippen molar-refractivity contribution in [3.8, 4) is 0 Å². The van der Waals surface area contributed by atoms with Crippen LogP contribution in [-0.2, 0) is 14.3 Å². The molecule has 0 bridgehead atoms. The summed E-state index contributed by atoms with van der Waals surface area (Å²) in [6, 6.07) is 7.13. The van der Waals surface area contributed by atoms with Crippen molar-refractivity contribution in [3.63, 3.8) is 0 Å². The minimum Gasteiger partial charge on any atom is -0.365 e. The van der Waals surface area contributed by atoms with E-state index in [-0.39, 0.29) is 24.5 Å². The van der Waals surface area contributed by atoms with Gasteiger partial charge in [0.1, 0.15) is 6.61 Å². The minimum atomic E-state index is -0.206. The van der Waals surface area contributed by atoms with Crippen molar-refractivity contribution in [2.24, 2.45) is 0 Å². The van der Waals surface area contributed by atoms with E-state index in [4.69, 9.17) is 16.3 Å². The van der Waals surface area contributed by atoms with E-state index in [1.54, 1.807) is 30.0 Å². The van der Waals surface area contributed by atoms with E-state index >= 15 is 0 Å². The highest BCUT2D eigenvalue weighted by molar-refractivity contribution is 6.30. The molecule has 1 atom stereocenters. The van der Waals surface area contributed by atoms with Gasteiger partial charge in [-0.2, -0.15) is 0 Å². The van der Waals surface area contributed by atoms with Crippen LogP contribution in [0.15, 0.2) is 24.3 Å². The molecule has 5 nitrogen and oxygen atoms in total. The quantitative estimate of drug-likeness (QED) is 0.918. The zero-order valence-corrected chi connectivity index (χ0v) is 12.0. The first-order chi connectivity index (χ1) is 9.60. The molecule has 1 aromatic carbocycles. The summed E-state index contributed by atoms with van der Waals surface area (Å²) in [6.45, 7) is 2.61. The molecule has 0 spiro atoms. The van der Waals surface area contributed by atoms with Crippen molar-refractivity contribution in [1.29, 1.82) is 0 Å². The maximum absolute atomic E-state index is 11.9. The summed E-state index contributed by atoms with van der Waals surface area (Å²) in [5, 5.41) is 3.35. The Bertz CT molecular complexity index is 507. The Kier molecular flexibility index (Phi) is 4.98. The molecule has 0 radical (unpaired) electrons. The van der Waals surface area contributed by atoms with Crippen LogP contribution in [0.25, 0.3) is 0 Å². The largest absolute Gasteiger partial charge is 0.365 e. The molecular weight excluding hydrogens is 280 g/mol. The lowest BCUT2D eigenvalue weighted by Crippen LogP contribution is -2.50. The molecule has 1 aromatic rings. The van der Waals surface area contributed by atoms with Crippen LogP contribution in [0.5, 0.6) is 0 Å². The van der Waals surface area contributed by atoms with Crippen molar-refractivity contribution in [2.45, 2.75) is 19.4 Å². The first-order valence-electron chi connectivity index (χ1n) is 6.54. The molecule has 2 amide bonds. The molecular formula is C14H17ClN2O3. The smallest absolute Gasteiger partial charge is 0.253 e. The number of anilines is 1. The van der Waals surface area contributed by atoms with E-state index in [9.17, 15) is 9.59 Å². The Balaban J connectivity index is 2.01. The normalized spacial score (nSPS) is 19.0. The summed E-state index contributed by atoms with van der Waals surface area (Å²) in [7, 11) is 0. The highest BCUT2D eigenvalue weighted by Crippen LogP contribution is 2.22. The molecule has 1 aliphatic rings. The Morgan fingerprint density at radius 3 is 3.05 bits per heavy atom. The molecule has 1 N–H and O–H groups in total. The lowest BCUT2D eigenvalue weighted by atomic mass is 10.2. The lowest BCUT2D eigenvalue weighted by Gasteiger charge is -2.33. The van der Waals surface area contributed by atoms with Gasteiger partial charge in [-0.05, 0) is 18.2 Å². The molecule has 108 valence electrons. The number of amides is 2. The van der Waals surface area contributed by atoms with Gasteiger partial charge in [-0.25, -0.2) is 0 Å². The highest BCUT2D eigenvalue weighted by Gasteiger charge is 2.27. The number of carbonyl (C=O) groups is 2. The molecule has 20 heavy (non-hydrogen) atoms. The van der Waals surface area contributed by atoms with Crippen molar-refractivity contribution in [2.75, 3.05) is 24.6 Å². The van der Waals surface area contributed by atoms with E-state index in [0.29, 0.717) is 24.5 Å². The molecule has 0 aliphatic carbocycles. The maximum atomic E-state index is 11.9. The molecule has 1 unspecified atom stereocenters. The lowest BCUT2D eigenvalue weighted by molar-refractivity contribution is -0.129. The standard InChI is InChI=1S/C14H17ClN2O3/c1-2-13(18)16-7-12-8-17(14(19)9-20-12)11-5-3-4-10(15)6-11/h3-6,12H,2,7-9H2,1H3,(H,16,18). The van der Waals surface area contributed by atoms with Crippen LogP contribution in [0.1, 0.15) is 13.3 Å². The fourth-order valence-electron chi connectivity index (χ4n) is 1.99. The van der Waals surface area contributed by atoms with E-state index in [1.807, 2.05) is 6.07 Å². The number of hydrogen-bond donors (Lipinski definition) is 1.